The van der Waals surface area contributed by atoms with Crippen molar-refractivity contribution in [1.29, 1.82) is 0 Å². The molecule has 0 atom stereocenters. The molecule has 0 unspecified atom stereocenters. The second-order valence-corrected chi connectivity index (χ2v) is 4.75. The van der Waals surface area contributed by atoms with Crippen molar-refractivity contribution >= 4 is 17.0 Å². The van der Waals surface area contributed by atoms with Crippen molar-refractivity contribution in [3.8, 4) is 0 Å². The summed E-state index contributed by atoms with van der Waals surface area (Å²) in [7, 11) is 9.87. The monoisotopic (exact) mass is 276 g/mol. The van der Waals surface area contributed by atoms with Crippen LogP contribution in [0.15, 0.2) is 25.3 Å². The van der Waals surface area contributed by atoms with Crippen LogP contribution in [0.1, 0.15) is 0 Å². The summed E-state index contributed by atoms with van der Waals surface area (Å²) in [5.74, 6) is 0. The molecule has 66 valence electrons. The van der Waals surface area contributed by atoms with Crippen molar-refractivity contribution in [2.75, 3.05) is 13.2 Å². The predicted octanol–water partition coefficient (Wildman–Crippen LogP) is 1.71. The van der Waals surface area contributed by atoms with Crippen LogP contribution in [0.3, 0.4) is 0 Å². The van der Waals surface area contributed by atoms with Gasteiger partial charge in [0.25, 0.3) is 0 Å². The van der Waals surface area contributed by atoms with E-state index in [9.17, 15) is 0 Å². The summed E-state index contributed by atoms with van der Waals surface area (Å²) in [6, 6.07) is 0. The molecule has 11 heavy (non-hydrogen) atoms. The number of hydrogen-bond acceptors (Lipinski definition) is 2. The van der Waals surface area contributed by atoms with Gasteiger partial charge in [0.05, 0.1) is 13.2 Å². The van der Waals surface area contributed by atoms with Gasteiger partial charge in [0.1, 0.15) is 0 Å². The summed E-state index contributed by atoms with van der Waals surface area (Å²) in [6.45, 7) is 6.62. The second-order valence-electron chi connectivity index (χ2n) is 1.01. The Hall–Kier alpha value is 0.863. The molecule has 0 aromatic rings. The van der Waals surface area contributed by atoms with E-state index in [0.717, 1.165) is 0 Å². The van der Waals surface area contributed by atoms with E-state index in [4.69, 9.17) is 27.2 Å². The standard InChI is InChI=1S/2C3H6O.2ClH.Zr/c2*1-2-3-4;;;/h2*2,4H,1,3H2;2*1H;/q;;;;+2/p-2. The average molecular weight is 278 g/mol. The van der Waals surface area contributed by atoms with Gasteiger partial charge in [0.2, 0.25) is 0 Å². The first-order valence-electron chi connectivity index (χ1n) is 2.64. The van der Waals surface area contributed by atoms with Crippen molar-refractivity contribution in [3.63, 3.8) is 0 Å². The molecular formula is C6H12Cl2O2Zr. The molecule has 0 saturated carbocycles. The second kappa shape index (κ2) is 30.7. The summed E-state index contributed by atoms with van der Waals surface area (Å²) < 4.78 is 0. The van der Waals surface area contributed by atoms with E-state index in [1.54, 1.807) is 0 Å². The molecule has 0 bridgehead atoms. The predicted molar refractivity (Wildman–Crippen MR) is 46.3 cm³/mol. The Balaban J connectivity index is -0.0000000886. The summed E-state index contributed by atoms with van der Waals surface area (Å²) in [6.07, 6.45) is 2.86. The van der Waals surface area contributed by atoms with E-state index >= 15 is 0 Å². The molecule has 0 aromatic carbocycles. The zero-order valence-corrected chi connectivity index (χ0v) is 10.1. The van der Waals surface area contributed by atoms with Crippen molar-refractivity contribution < 1.29 is 31.1 Å². The van der Waals surface area contributed by atoms with Gasteiger partial charge < -0.3 is 10.2 Å². The molecule has 2 nitrogen and oxygen atoms in total. The third-order valence-electron chi connectivity index (χ3n) is 0.258. The van der Waals surface area contributed by atoms with Gasteiger partial charge in [-0.1, -0.05) is 12.2 Å². The van der Waals surface area contributed by atoms with E-state index in [1.807, 2.05) is 0 Å². The van der Waals surface area contributed by atoms with Gasteiger partial charge in [-0.2, -0.15) is 0 Å². The third kappa shape index (κ3) is 104. The topological polar surface area (TPSA) is 40.5 Å². The molecule has 2 N–H and O–H groups in total. The van der Waals surface area contributed by atoms with Gasteiger partial charge in [-0.25, -0.2) is 0 Å². The van der Waals surface area contributed by atoms with E-state index in [-0.39, 0.29) is 13.2 Å². The number of aliphatic hydroxyl groups is 2. The van der Waals surface area contributed by atoms with Gasteiger partial charge in [0.15, 0.2) is 0 Å². The van der Waals surface area contributed by atoms with Crippen LogP contribution in [-0.2, 0) is 20.8 Å². The Morgan fingerprint density at radius 2 is 1.18 bits per heavy atom. The molecule has 0 amide bonds. The zero-order chi connectivity index (χ0) is 9.54. The average Bonchev–Trinajstić information content (AvgIpc) is 2.06. The maximum atomic E-state index is 7.76. The summed E-state index contributed by atoms with van der Waals surface area (Å²) in [4.78, 5) is 0. The summed E-state index contributed by atoms with van der Waals surface area (Å²) >= 11 is -0.826. The first-order valence-corrected chi connectivity index (χ1v) is 8.97. The minimum absolute atomic E-state index is 0.0833. The van der Waals surface area contributed by atoms with E-state index < -0.39 is 20.8 Å². The molecule has 0 aromatic heterocycles. The third-order valence-corrected chi connectivity index (χ3v) is 0.258. The van der Waals surface area contributed by atoms with Crippen molar-refractivity contribution in [1.82, 2.24) is 0 Å². The van der Waals surface area contributed by atoms with Crippen LogP contribution < -0.4 is 0 Å². The summed E-state index contributed by atoms with van der Waals surface area (Å²) in [5.41, 5.74) is 0. The van der Waals surface area contributed by atoms with E-state index in [1.165, 1.54) is 12.2 Å². The maximum absolute atomic E-state index is 7.76. The number of rotatable bonds is 2. The fraction of sp³-hybridized carbons (Fsp3) is 0.333. The van der Waals surface area contributed by atoms with E-state index in [2.05, 4.69) is 13.2 Å². The van der Waals surface area contributed by atoms with Crippen LogP contribution in [0.2, 0.25) is 0 Å². The van der Waals surface area contributed by atoms with Crippen LogP contribution in [-0.4, -0.2) is 23.4 Å². The molecule has 0 spiro atoms. The first kappa shape index (κ1) is 17.8. The van der Waals surface area contributed by atoms with Crippen LogP contribution in [0.4, 0.5) is 0 Å². The van der Waals surface area contributed by atoms with Crippen LogP contribution in [0.25, 0.3) is 0 Å². The number of aliphatic hydroxyl groups excluding tert-OH is 2. The fourth-order valence-corrected chi connectivity index (χ4v) is 0. The van der Waals surface area contributed by atoms with Crippen molar-refractivity contribution in [3.05, 3.63) is 25.3 Å². The Kier molecular flexibility index (Phi) is 49.8. The molecule has 0 fully saturated rings. The zero-order valence-electron chi connectivity index (χ0n) is 6.13. The first-order chi connectivity index (χ1) is 5.24. The Morgan fingerprint density at radius 3 is 1.18 bits per heavy atom. The van der Waals surface area contributed by atoms with Crippen molar-refractivity contribution in [2.24, 2.45) is 0 Å². The number of halogens is 2. The number of hydrogen-bond donors (Lipinski definition) is 2. The van der Waals surface area contributed by atoms with Crippen LogP contribution >= 0.6 is 17.0 Å². The van der Waals surface area contributed by atoms with Gasteiger partial charge in [-0.3, -0.25) is 0 Å². The molecule has 0 radical (unpaired) electrons. The fourth-order valence-electron chi connectivity index (χ4n) is 0. The molecular weight excluding hydrogens is 266 g/mol. The SMILES string of the molecule is C=CCO.C=CCO.[Cl][Zr][Cl]. The summed E-state index contributed by atoms with van der Waals surface area (Å²) in [5, 5.41) is 15.5. The van der Waals surface area contributed by atoms with Gasteiger partial charge in [-0.15, -0.1) is 13.2 Å². The van der Waals surface area contributed by atoms with Crippen LogP contribution in [0, 0.1) is 0 Å². The Morgan fingerprint density at radius 1 is 1.09 bits per heavy atom. The minimum atomic E-state index is -0.826. The normalized spacial score (nSPS) is 5.82. The Bertz CT molecular complexity index is 63.6. The molecule has 0 heterocycles. The quantitative estimate of drug-likeness (QED) is 0.755. The molecule has 0 aliphatic carbocycles. The molecule has 0 rings (SSSR count). The van der Waals surface area contributed by atoms with Gasteiger partial charge >= 0.3 is 37.9 Å². The van der Waals surface area contributed by atoms with Gasteiger partial charge in [0, 0.05) is 0 Å². The molecule has 0 aliphatic rings. The van der Waals surface area contributed by atoms with Crippen LogP contribution in [0.5, 0.6) is 0 Å². The van der Waals surface area contributed by atoms with E-state index in [0.29, 0.717) is 0 Å². The molecule has 0 saturated heterocycles. The van der Waals surface area contributed by atoms with Gasteiger partial charge in [-0.05, 0) is 0 Å². The molecule has 0 aliphatic heterocycles. The Labute approximate surface area is 86.2 Å². The molecule has 5 heteroatoms. The van der Waals surface area contributed by atoms with Crippen molar-refractivity contribution in [2.45, 2.75) is 0 Å².